The van der Waals surface area contributed by atoms with Crippen LogP contribution < -0.4 is 15.6 Å². The predicted octanol–water partition coefficient (Wildman–Crippen LogP) is 16.9. The largest absolute Gasteiger partial charge is 0.179 e. The lowest BCUT2D eigenvalue weighted by molar-refractivity contribution is 0.851. The molecule has 0 amide bonds. The highest BCUT2D eigenvalue weighted by atomic mass is 28.3. The van der Waals surface area contributed by atoms with Crippen LogP contribution in [0.3, 0.4) is 0 Å². The van der Waals surface area contributed by atoms with Gasteiger partial charge in [0.15, 0.2) is 8.07 Å². The van der Waals surface area contributed by atoms with Gasteiger partial charge in [-0.25, -0.2) is 0 Å². The third-order valence-electron chi connectivity index (χ3n) is 16.0. The van der Waals surface area contributed by atoms with Crippen LogP contribution >= 0.6 is 0 Å². The van der Waals surface area contributed by atoms with Crippen LogP contribution in [0, 0.1) is 47.5 Å². The minimum atomic E-state index is -3.64. The number of benzene rings is 9. The Labute approximate surface area is 418 Å². The zero-order chi connectivity index (χ0) is 48.8. The number of aryl methyl sites for hydroxylation is 3. The molecule has 0 spiro atoms. The van der Waals surface area contributed by atoms with E-state index < -0.39 is 8.07 Å². The van der Waals surface area contributed by atoms with Crippen molar-refractivity contribution in [3.8, 4) is 66.8 Å². The Morgan fingerprint density at radius 1 is 0.300 bits per heavy atom. The van der Waals surface area contributed by atoms with Crippen molar-refractivity contribution in [3.05, 3.63) is 255 Å². The Morgan fingerprint density at radius 2 is 0.543 bits per heavy atom. The van der Waals surface area contributed by atoms with Crippen molar-refractivity contribution in [2.45, 2.75) is 69.2 Å². The summed E-state index contributed by atoms with van der Waals surface area (Å²) in [5, 5.41) is 6.05. The Hall–Kier alpha value is -7.32. The van der Waals surface area contributed by atoms with E-state index in [-0.39, 0.29) is 5.92 Å². The number of hydrogen-bond acceptors (Lipinski definition) is 0. The van der Waals surface area contributed by atoms with Gasteiger partial charge in [-0.3, -0.25) is 0 Å². The van der Waals surface area contributed by atoms with E-state index in [1.54, 1.807) is 5.20 Å². The highest BCUT2D eigenvalue weighted by Gasteiger charge is 2.54. The van der Waals surface area contributed by atoms with Crippen LogP contribution in [0.2, 0.25) is 0 Å². The lowest BCUT2D eigenvalue weighted by atomic mass is 9.89. The molecule has 9 aromatic rings. The summed E-state index contributed by atoms with van der Waals surface area (Å²) in [4.78, 5) is 0. The first-order chi connectivity index (χ1) is 33.9. The normalized spacial score (nSPS) is 13.9. The van der Waals surface area contributed by atoms with Gasteiger partial charge >= 0.3 is 0 Å². The highest BCUT2D eigenvalue weighted by molar-refractivity contribution is 7.18. The summed E-state index contributed by atoms with van der Waals surface area (Å²) in [7, 11) is -3.64. The average Bonchev–Trinajstić information content (AvgIpc) is 3.59. The number of allylic oxidation sites excluding steroid dienone is 4. The second-order valence-corrected chi connectivity index (χ2v) is 23.4. The van der Waals surface area contributed by atoms with Crippen molar-refractivity contribution in [1.29, 1.82) is 0 Å². The van der Waals surface area contributed by atoms with Crippen molar-refractivity contribution in [2.24, 2.45) is 5.92 Å². The summed E-state index contributed by atoms with van der Waals surface area (Å²) >= 11 is 0. The van der Waals surface area contributed by atoms with E-state index in [2.05, 4.69) is 269 Å². The standard InChI is InChI=1S/C69H64Si/c1-44-41-60(54-29-17-11-18-30-54)51(8)63(57-35-23-14-24-36-57)66(44)70(69-49(6)47(4)48(5)50(69)7,67-45(2)42-61(55-31-19-12-20-32-55)52(9)64(67)58-37-25-15-26-38-58)68-46(3)43-62(56-33-21-13-22-34-56)53(10)65(68)59-39-27-16-28-40-59/h11-43,49H,1-10H3. The molecule has 344 valence electrons. The van der Waals surface area contributed by atoms with Gasteiger partial charge in [-0.2, -0.15) is 0 Å². The minimum absolute atomic E-state index is 0.179. The summed E-state index contributed by atoms with van der Waals surface area (Å²) in [6.45, 7) is 24.4. The average molecular weight is 921 g/mol. The van der Waals surface area contributed by atoms with Crippen LogP contribution in [-0.4, -0.2) is 8.07 Å². The highest BCUT2D eigenvalue weighted by Crippen LogP contribution is 2.48. The van der Waals surface area contributed by atoms with E-state index in [0.29, 0.717) is 0 Å². The van der Waals surface area contributed by atoms with Crippen molar-refractivity contribution in [1.82, 2.24) is 0 Å². The maximum atomic E-state index is 2.56. The zero-order valence-corrected chi connectivity index (χ0v) is 43.6. The monoisotopic (exact) mass is 920 g/mol. The van der Waals surface area contributed by atoms with Crippen LogP contribution in [0.15, 0.2) is 222 Å². The Kier molecular flexibility index (Phi) is 12.5. The molecular formula is C69H64Si. The van der Waals surface area contributed by atoms with E-state index in [1.165, 1.54) is 132 Å². The molecule has 9 aromatic carbocycles. The third-order valence-corrected chi connectivity index (χ3v) is 21.8. The van der Waals surface area contributed by atoms with Crippen LogP contribution in [0.4, 0.5) is 0 Å². The molecule has 70 heavy (non-hydrogen) atoms. The van der Waals surface area contributed by atoms with E-state index in [4.69, 9.17) is 0 Å². The molecule has 0 saturated carbocycles. The van der Waals surface area contributed by atoms with Gasteiger partial charge in [0.2, 0.25) is 0 Å². The topological polar surface area (TPSA) is 0 Å². The second kappa shape index (κ2) is 18.9. The van der Waals surface area contributed by atoms with Crippen LogP contribution in [0.5, 0.6) is 0 Å². The maximum absolute atomic E-state index is 3.64. The van der Waals surface area contributed by atoms with Crippen molar-refractivity contribution < 1.29 is 0 Å². The van der Waals surface area contributed by atoms with Crippen LogP contribution in [-0.2, 0) is 0 Å². The summed E-state index contributed by atoms with van der Waals surface area (Å²) < 4.78 is 0. The number of hydrogen-bond donors (Lipinski definition) is 0. The van der Waals surface area contributed by atoms with Gasteiger partial charge in [-0.05, 0) is 190 Å². The van der Waals surface area contributed by atoms with Crippen LogP contribution in [0.25, 0.3) is 66.8 Å². The molecule has 0 bridgehead atoms. The van der Waals surface area contributed by atoms with Gasteiger partial charge in [0.1, 0.15) is 0 Å². The van der Waals surface area contributed by atoms with Crippen LogP contribution in [0.1, 0.15) is 61.1 Å². The second-order valence-electron chi connectivity index (χ2n) is 19.9. The van der Waals surface area contributed by atoms with Crippen molar-refractivity contribution >= 4 is 23.6 Å². The minimum Gasteiger partial charge on any atom is -0.0636 e. The molecule has 0 heterocycles. The molecule has 0 aromatic heterocycles. The maximum Gasteiger partial charge on any atom is 0.179 e. The Balaban J connectivity index is 1.56. The SMILES string of the molecule is CC1=C(C)C(C)C([Si](c2c(C)cc(-c3ccccc3)c(C)c2-c2ccccc2)(c2c(C)cc(-c3ccccc3)c(C)c2-c2ccccc2)c2c(C)cc(-c3ccccc3)c(C)c2-c2ccccc2)=C1C. The van der Waals surface area contributed by atoms with Crippen molar-refractivity contribution in [2.75, 3.05) is 0 Å². The first kappa shape index (κ1) is 46.4. The molecule has 0 N–H and O–H groups in total. The predicted molar refractivity (Wildman–Crippen MR) is 305 cm³/mol. The first-order valence-electron chi connectivity index (χ1n) is 25.1. The molecule has 1 unspecified atom stereocenters. The smallest absolute Gasteiger partial charge is 0.0636 e. The van der Waals surface area contributed by atoms with E-state index in [0.717, 1.165) is 0 Å². The molecule has 10 rings (SSSR count). The summed E-state index contributed by atoms with van der Waals surface area (Å²) in [5.41, 5.74) is 27.7. The molecule has 0 saturated heterocycles. The summed E-state index contributed by atoms with van der Waals surface area (Å²) in [5.74, 6) is 0.179. The third kappa shape index (κ3) is 7.59. The lowest BCUT2D eigenvalue weighted by Crippen LogP contribution is -2.73. The molecule has 1 aliphatic rings. The zero-order valence-electron chi connectivity index (χ0n) is 42.6. The molecule has 0 nitrogen and oxygen atoms in total. The fourth-order valence-corrected chi connectivity index (χ4v) is 19.9. The summed E-state index contributed by atoms with van der Waals surface area (Å²) in [6, 6.07) is 75.1. The number of rotatable bonds is 10. The van der Waals surface area contributed by atoms with Gasteiger partial charge < -0.3 is 0 Å². The van der Waals surface area contributed by atoms with Gasteiger partial charge in [0, 0.05) is 0 Å². The molecule has 1 aliphatic carbocycles. The van der Waals surface area contributed by atoms with Gasteiger partial charge in [-0.1, -0.05) is 223 Å². The Morgan fingerprint density at radius 3 is 0.771 bits per heavy atom. The van der Waals surface area contributed by atoms with Crippen molar-refractivity contribution in [3.63, 3.8) is 0 Å². The molecule has 0 aliphatic heterocycles. The van der Waals surface area contributed by atoms with Gasteiger partial charge in [0.25, 0.3) is 0 Å². The molecule has 1 heteroatoms. The quantitative estimate of drug-likeness (QED) is 0.0947. The van der Waals surface area contributed by atoms with Gasteiger partial charge in [-0.15, -0.1) is 0 Å². The van der Waals surface area contributed by atoms with Gasteiger partial charge in [0.05, 0.1) is 0 Å². The molecule has 0 radical (unpaired) electrons. The fourth-order valence-electron chi connectivity index (χ4n) is 12.6. The molecular weight excluding hydrogens is 857 g/mol. The fraction of sp³-hybridized carbons (Fsp3) is 0.159. The van der Waals surface area contributed by atoms with E-state index in [1.807, 2.05) is 0 Å². The Bertz CT molecular complexity index is 3140. The summed E-state index contributed by atoms with van der Waals surface area (Å²) in [6.07, 6.45) is 0. The first-order valence-corrected chi connectivity index (χ1v) is 27.1. The molecule has 1 atom stereocenters. The van der Waals surface area contributed by atoms with E-state index >= 15 is 0 Å². The van der Waals surface area contributed by atoms with E-state index in [9.17, 15) is 0 Å². The lowest BCUT2D eigenvalue weighted by Gasteiger charge is -2.46. The molecule has 0 fully saturated rings.